The minimum Gasteiger partial charge on any atom is -0.326 e. The number of alkyl halides is 3. The zero-order valence-corrected chi connectivity index (χ0v) is 19.4. The first-order valence-corrected chi connectivity index (χ1v) is 11.3. The number of rotatable bonds is 3. The van der Waals surface area contributed by atoms with Gasteiger partial charge < -0.3 is 5.32 Å². The van der Waals surface area contributed by atoms with Crippen molar-refractivity contribution in [2.75, 3.05) is 4.90 Å². The van der Waals surface area contributed by atoms with E-state index < -0.39 is 40.3 Å². The molecule has 0 radical (unpaired) electrons. The molecular formula is C24H23F3N2O3S. The minimum absolute atomic E-state index is 0.00620. The summed E-state index contributed by atoms with van der Waals surface area (Å²) in [5.74, 6) is -3.23. The van der Waals surface area contributed by atoms with Crippen LogP contribution in [0.25, 0.3) is 0 Å². The summed E-state index contributed by atoms with van der Waals surface area (Å²) in [4.78, 5) is 40.7. The maximum absolute atomic E-state index is 14.8. The molecule has 1 aliphatic carbocycles. The molecule has 1 atom stereocenters. The van der Waals surface area contributed by atoms with E-state index in [1.54, 1.807) is 44.4 Å². The molecule has 33 heavy (non-hydrogen) atoms. The lowest BCUT2D eigenvalue weighted by Crippen LogP contribution is -2.66. The van der Waals surface area contributed by atoms with Crippen LogP contribution < -0.4 is 10.2 Å². The van der Waals surface area contributed by atoms with E-state index in [1.807, 2.05) is 12.2 Å². The topological polar surface area (TPSA) is 66.5 Å². The summed E-state index contributed by atoms with van der Waals surface area (Å²) < 4.78 is 44.4. The molecule has 1 aliphatic heterocycles. The third kappa shape index (κ3) is 3.58. The van der Waals surface area contributed by atoms with Crippen LogP contribution in [-0.4, -0.2) is 29.3 Å². The third-order valence-electron chi connectivity index (χ3n) is 6.24. The Hall–Kier alpha value is -2.94. The zero-order valence-electron chi connectivity index (χ0n) is 18.6. The second-order valence-electron chi connectivity index (χ2n) is 9.35. The van der Waals surface area contributed by atoms with Crippen LogP contribution in [-0.2, 0) is 9.59 Å². The third-order valence-corrected chi connectivity index (χ3v) is 7.11. The number of thiophene rings is 1. The number of halogens is 3. The van der Waals surface area contributed by atoms with Gasteiger partial charge in [0, 0.05) is 17.8 Å². The normalized spacial score (nSPS) is 22.6. The van der Waals surface area contributed by atoms with Gasteiger partial charge in [-0.1, -0.05) is 26.0 Å². The first-order chi connectivity index (χ1) is 15.3. The quantitative estimate of drug-likeness (QED) is 0.672. The highest BCUT2D eigenvalue weighted by Gasteiger charge is 2.72. The number of nitrogens with one attached hydrogen (secondary N) is 1. The van der Waals surface area contributed by atoms with Crippen molar-refractivity contribution >= 4 is 34.6 Å². The number of carbonyl (C=O) groups excluding carboxylic acids is 3. The van der Waals surface area contributed by atoms with Crippen molar-refractivity contribution in [3.8, 4) is 0 Å². The Bertz CT molecular complexity index is 1200. The van der Waals surface area contributed by atoms with Crippen LogP contribution in [0, 0.1) is 19.3 Å². The summed E-state index contributed by atoms with van der Waals surface area (Å²) in [5.41, 5.74) is -2.85. The fourth-order valence-corrected chi connectivity index (χ4v) is 5.15. The second-order valence-corrected chi connectivity index (χ2v) is 10.3. The predicted octanol–water partition coefficient (Wildman–Crippen LogP) is 5.09. The lowest BCUT2D eigenvalue weighted by atomic mass is 9.72. The number of amides is 2. The van der Waals surface area contributed by atoms with Gasteiger partial charge in [-0.25, -0.2) is 0 Å². The van der Waals surface area contributed by atoms with Crippen molar-refractivity contribution < 1.29 is 27.6 Å². The molecule has 1 N–H and O–H groups in total. The summed E-state index contributed by atoms with van der Waals surface area (Å²) >= 11 is 0.950. The fourth-order valence-electron chi connectivity index (χ4n) is 4.53. The molecule has 2 aliphatic rings. The smallest absolute Gasteiger partial charge is 0.326 e. The van der Waals surface area contributed by atoms with E-state index in [-0.39, 0.29) is 29.1 Å². The van der Waals surface area contributed by atoms with Gasteiger partial charge in [0.25, 0.3) is 11.8 Å². The van der Waals surface area contributed by atoms with Crippen LogP contribution in [0.2, 0.25) is 0 Å². The first kappa shape index (κ1) is 23.2. The second kappa shape index (κ2) is 7.55. The van der Waals surface area contributed by atoms with E-state index in [9.17, 15) is 27.6 Å². The molecule has 0 unspecified atom stereocenters. The van der Waals surface area contributed by atoms with Crippen molar-refractivity contribution in [3.63, 3.8) is 0 Å². The van der Waals surface area contributed by atoms with Crippen molar-refractivity contribution in [1.29, 1.82) is 0 Å². The highest BCUT2D eigenvalue weighted by Crippen LogP contribution is 2.53. The summed E-state index contributed by atoms with van der Waals surface area (Å²) in [5, 5.41) is 3.49. The average Bonchev–Trinajstić information content (AvgIpc) is 3.29. The number of allylic oxidation sites excluding steroid dienone is 1. The van der Waals surface area contributed by atoms with Crippen LogP contribution in [0.1, 0.15) is 47.5 Å². The van der Waals surface area contributed by atoms with Gasteiger partial charge in [0.05, 0.1) is 10.5 Å². The van der Waals surface area contributed by atoms with E-state index in [1.165, 1.54) is 12.1 Å². The number of anilines is 1. The Labute approximate surface area is 193 Å². The maximum atomic E-state index is 14.8. The summed E-state index contributed by atoms with van der Waals surface area (Å²) in [6.07, 6.45) is -5.31. The minimum atomic E-state index is -5.23. The average molecular weight is 477 g/mol. The van der Waals surface area contributed by atoms with Crippen LogP contribution in [0.15, 0.2) is 47.0 Å². The van der Waals surface area contributed by atoms with Gasteiger partial charge in [-0.15, -0.1) is 11.3 Å². The number of ketones is 1. The van der Waals surface area contributed by atoms with E-state index in [2.05, 4.69) is 0 Å². The lowest BCUT2D eigenvalue weighted by molar-refractivity contribution is -0.186. The molecular weight excluding hydrogens is 453 g/mol. The number of aryl methyl sites for hydroxylation is 2. The molecule has 0 bridgehead atoms. The number of Topliss-reactive ketones (excluding diaryl/α,β-unsaturated/α-hetero) is 1. The van der Waals surface area contributed by atoms with E-state index in [0.29, 0.717) is 0 Å². The Morgan fingerprint density at radius 3 is 2.36 bits per heavy atom. The molecule has 2 heterocycles. The molecule has 1 aromatic heterocycles. The standard InChI is InChI=1S/C24H23F3N2O3S/c1-13-7-8-15(10-14(13)2)29-16-11-22(3,4)12-17(30)19(16)23(21(29)32,24(25,26)27)28-20(31)18-6-5-9-33-18/h5-10H,11-12H2,1-4H3,(H,28,31)/t23-/m0/s1. The number of carbonyl (C=O) groups is 3. The van der Waals surface area contributed by atoms with Crippen molar-refractivity contribution in [1.82, 2.24) is 5.32 Å². The molecule has 2 aromatic rings. The molecule has 1 aromatic carbocycles. The Balaban J connectivity index is 1.97. The number of hydrogen-bond donors (Lipinski definition) is 1. The van der Waals surface area contributed by atoms with Crippen LogP contribution in [0.3, 0.4) is 0 Å². The molecule has 0 spiro atoms. The lowest BCUT2D eigenvalue weighted by Gasteiger charge is -2.35. The monoisotopic (exact) mass is 476 g/mol. The Kier molecular flexibility index (Phi) is 5.31. The number of nitrogens with zero attached hydrogens (tertiary/aromatic N) is 1. The largest absolute Gasteiger partial charge is 0.425 e. The molecule has 174 valence electrons. The van der Waals surface area contributed by atoms with Crippen molar-refractivity contribution in [2.45, 2.75) is 52.3 Å². The van der Waals surface area contributed by atoms with Crippen molar-refractivity contribution in [3.05, 3.63) is 63.0 Å². The molecule has 9 heteroatoms. The summed E-state index contributed by atoms with van der Waals surface area (Å²) in [6.45, 7) is 7.19. The van der Waals surface area contributed by atoms with E-state index in [0.717, 1.165) is 27.4 Å². The first-order valence-electron chi connectivity index (χ1n) is 10.4. The maximum Gasteiger partial charge on any atom is 0.425 e. The van der Waals surface area contributed by atoms with Gasteiger partial charge in [-0.3, -0.25) is 19.3 Å². The predicted molar refractivity (Wildman–Crippen MR) is 119 cm³/mol. The summed E-state index contributed by atoms with van der Waals surface area (Å²) in [7, 11) is 0. The molecule has 2 amide bonds. The van der Waals surface area contributed by atoms with Crippen LogP contribution in [0.4, 0.5) is 18.9 Å². The number of hydrogen-bond acceptors (Lipinski definition) is 4. The zero-order chi connectivity index (χ0) is 24.3. The molecule has 0 fully saturated rings. The van der Waals surface area contributed by atoms with Gasteiger partial charge in [-0.2, -0.15) is 13.2 Å². The highest BCUT2D eigenvalue weighted by atomic mass is 32.1. The Morgan fingerprint density at radius 1 is 1.09 bits per heavy atom. The van der Waals surface area contributed by atoms with E-state index >= 15 is 0 Å². The van der Waals surface area contributed by atoms with E-state index in [4.69, 9.17) is 0 Å². The number of benzene rings is 1. The molecule has 4 rings (SSSR count). The molecule has 0 saturated heterocycles. The van der Waals surface area contributed by atoms with Gasteiger partial charge in [-0.05, 0) is 60.4 Å². The van der Waals surface area contributed by atoms with Gasteiger partial charge in [0.2, 0.25) is 5.54 Å². The van der Waals surface area contributed by atoms with Crippen molar-refractivity contribution in [2.24, 2.45) is 5.41 Å². The van der Waals surface area contributed by atoms with Crippen LogP contribution >= 0.6 is 11.3 Å². The van der Waals surface area contributed by atoms with Crippen LogP contribution in [0.5, 0.6) is 0 Å². The summed E-state index contributed by atoms with van der Waals surface area (Å²) in [6, 6.07) is 7.79. The molecule has 5 nitrogen and oxygen atoms in total. The Morgan fingerprint density at radius 2 is 1.79 bits per heavy atom. The molecule has 0 saturated carbocycles. The van der Waals surface area contributed by atoms with Gasteiger partial charge in [0.15, 0.2) is 5.78 Å². The van der Waals surface area contributed by atoms with Gasteiger partial charge >= 0.3 is 6.18 Å². The SMILES string of the molecule is Cc1ccc(N2C(=O)[C@](NC(=O)c3cccs3)(C(F)(F)F)C3=C2CC(C)(C)CC3=O)cc1C. The fraction of sp³-hybridized carbons (Fsp3) is 0.375. The highest BCUT2D eigenvalue weighted by molar-refractivity contribution is 7.12. The van der Waals surface area contributed by atoms with Gasteiger partial charge in [0.1, 0.15) is 0 Å².